The number of anilines is 1. The first-order chi connectivity index (χ1) is 9.75. The van der Waals surface area contributed by atoms with Crippen molar-refractivity contribution >= 4 is 22.2 Å². The smallest absolute Gasteiger partial charge is 0.255 e. The zero-order chi connectivity index (χ0) is 13.9. The van der Waals surface area contributed by atoms with Crippen molar-refractivity contribution in [3.63, 3.8) is 0 Å². The van der Waals surface area contributed by atoms with Gasteiger partial charge in [0, 0.05) is 34.9 Å². The minimum atomic E-state index is -0.0606. The topological polar surface area (TPSA) is 68.0 Å². The molecule has 0 radical (unpaired) electrons. The molecular weight excluding hydrogens is 270 g/mol. The van der Waals surface area contributed by atoms with Gasteiger partial charge in [0.05, 0.1) is 10.6 Å². The van der Waals surface area contributed by atoms with Crippen molar-refractivity contribution in [2.45, 2.75) is 31.7 Å². The van der Waals surface area contributed by atoms with E-state index in [9.17, 15) is 4.79 Å². The Kier molecular flexibility index (Phi) is 3.69. The highest BCUT2D eigenvalue weighted by Gasteiger charge is 2.23. The van der Waals surface area contributed by atoms with Crippen LogP contribution in [0.25, 0.3) is 11.1 Å². The molecular formula is C15H17N3OS. The molecule has 4 nitrogen and oxygen atoms in total. The van der Waals surface area contributed by atoms with Gasteiger partial charge in [0.15, 0.2) is 0 Å². The summed E-state index contributed by atoms with van der Waals surface area (Å²) in [7, 11) is 0. The standard InChI is InChI=1S/C15H17N3OS/c16-14-13(15(19)18-11-5-1-2-6-11)12(9-20-14)10-4-3-7-17-8-10/h3-4,7-9,11H,1-2,5-6,16H2,(H,18,19). The summed E-state index contributed by atoms with van der Waals surface area (Å²) in [6.07, 6.45) is 8.00. The number of carbonyl (C=O) groups is 1. The number of nitrogens with zero attached hydrogens (tertiary/aromatic N) is 1. The summed E-state index contributed by atoms with van der Waals surface area (Å²) in [5.74, 6) is -0.0606. The van der Waals surface area contributed by atoms with Crippen LogP contribution in [0.3, 0.4) is 0 Å². The first kappa shape index (κ1) is 13.1. The SMILES string of the molecule is Nc1scc(-c2cccnc2)c1C(=O)NC1CCCC1. The molecule has 0 aliphatic heterocycles. The summed E-state index contributed by atoms with van der Waals surface area (Å²) in [5, 5.41) is 5.59. The van der Waals surface area contributed by atoms with E-state index in [0.717, 1.165) is 24.0 Å². The molecule has 20 heavy (non-hydrogen) atoms. The van der Waals surface area contributed by atoms with E-state index in [0.29, 0.717) is 16.6 Å². The van der Waals surface area contributed by atoms with Crippen LogP contribution in [0.15, 0.2) is 29.9 Å². The maximum absolute atomic E-state index is 12.5. The second-order valence-electron chi connectivity index (χ2n) is 5.09. The van der Waals surface area contributed by atoms with Gasteiger partial charge in [-0.3, -0.25) is 9.78 Å². The van der Waals surface area contributed by atoms with Crippen LogP contribution in [-0.2, 0) is 0 Å². The monoisotopic (exact) mass is 287 g/mol. The third kappa shape index (κ3) is 2.54. The van der Waals surface area contributed by atoms with E-state index in [2.05, 4.69) is 10.3 Å². The van der Waals surface area contributed by atoms with Gasteiger partial charge >= 0.3 is 0 Å². The Bertz CT molecular complexity index is 603. The maximum atomic E-state index is 12.5. The lowest BCUT2D eigenvalue weighted by Gasteiger charge is -2.13. The second-order valence-corrected chi connectivity index (χ2v) is 6.00. The lowest BCUT2D eigenvalue weighted by Crippen LogP contribution is -2.33. The number of nitrogen functional groups attached to an aromatic ring is 1. The van der Waals surface area contributed by atoms with Gasteiger partial charge in [-0.1, -0.05) is 18.9 Å². The molecule has 0 spiro atoms. The zero-order valence-electron chi connectivity index (χ0n) is 11.1. The average Bonchev–Trinajstić information content (AvgIpc) is 3.09. The lowest BCUT2D eigenvalue weighted by atomic mass is 10.1. The summed E-state index contributed by atoms with van der Waals surface area (Å²) in [6, 6.07) is 4.10. The number of rotatable bonds is 3. The minimum absolute atomic E-state index is 0.0606. The summed E-state index contributed by atoms with van der Waals surface area (Å²) >= 11 is 1.40. The van der Waals surface area contributed by atoms with Gasteiger partial charge in [-0.2, -0.15) is 0 Å². The maximum Gasteiger partial charge on any atom is 0.255 e. The highest BCUT2D eigenvalue weighted by atomic mass is 32.1. The van der Waals surface area contributed by atoms with Gasteiger partial charge in [0.1, 0.15) is 0 Å². The van der Waals surface area contributed by atoms with E-state index >= 15 is 0 Å². The van der Waals surface area contributed by atoms with Crippen molar-refractivity contribution in [1.29, 1.82) is 0 Å². The van der Waals surface area contributed by atoms with Crippen molar-refractivity contribution in [3.8, 4) is 11.1 Å². The molecule has 104 valence electrons. The molecule has 0 saturated heterocycles. The first-order valence-electron chi connectivity index (χ1n) is 6.84. The number of amides is 1. The fourth-order valence-electron chi connectivity index (χ4n) is 2.67. The van der Waals surface area contributed by atoms with Crippen molar-refractivity contribution in [1.82, 2.24) is 10.3 Å². The molecule has 2 heterocycles. The van der Waals surface area contributed by atoms with Crippen LogP contribution in [0.2, 0.25) is 0 Å². The number of carbonyl (C=O) groups excluding carboxylic acids is 1. The zero-order valence-corrected chi connectivity index (χ0v) is 12.0. The quantitative estimate of drug-likeness (QED) is 0.911. The Morgan fingerprint density at radius 2 is 2.20 bits per heavy atom. The molecule has 0 atom stereocenters. The minimum Gasteiger partial charge on any atom is -0.390 e. The number of pyridine rings is 1. The fourth-order valence-corrected chi connectivity index (χ4v) is 3.49. The fraction of sp³-hybridized carbons (Fsp3) is 0.333. The van der Waals surface area contributed by atoms with E-state index in [1.165, 1.54) is 24.2 Å². The highest BCUT2D eigenvalue weighted by Crippen LogP contribution is 2.33. The van der Waals surface area contributed by atoms with E-state index < -0.39 is 0 Å². The van der Waals surface area contributed by atoms with Crippen LogP contribution in [-0.4, -0.2) is 16.9 Å². The Labute approximate surface area is 122 Å². The second kappa shape index (κ2) is 5.63. The molecule has 5 heteroatoms. The first-order valence-corrected chi connectivity index (χ1v) is 7.72. The van der Waals surface area contributed by atoms with Gasteiger partial charge in [-0.25, -0.2) is 0 Å². The van der Waals surface area contributed by atoms with Gasteiger partial charge in [-0.05, 0) is 18.9 Å². The van der Waals surface area contributed by atoms with Crippen molar-refractivity contribution in [3.05, 3.63) is 35.5 Å². The molecule has 1 aliphatic carbocycles. The van der Waals surface area contributed by atoms with E-state index in [1.807, 2.05) is 17.5 Å². The largest absolute Gasteiger partial charge is 0.390 e. The van der Waals surface area contributed by atoms with Gasteiger partial charge < -0.3 is 11.1 Å². The summed E-state index contributed by atoms with van der Waals surface area (Å²) < 4.78 is 0. The number of hydrogen-bond acceptors (Lipinski definition) is 4. The Morgan fingerprint density at radius 3 is 2.90 bits per heavy atom. The number of aromatic nitrogens is 1. The number of nitrogens with two attached hydrogens (primary N) is 1. The van der Waals surface area contributed by atoms with Crippen molar-refractivity contribution in [2.75, 3.05) is 5.73 Å². The molecule has 0 bridgehead atoms. The normalized spacial score (nSPS) is 15.4. The number of hydrogen-bond donors (Lipinski definition) is 2. The molecule has 0 unspecified atom stereocenters. The van der Waals surface area contributed by atoms with Crippen LogP contribution in [0.5, 0.6) is 0 Å². The highest BCUT2D eigenvalue weighted by molar-refractivity contribution is 7.15. The van der Waals surface area contributed by atoms with Crippen LogP contribution in [0.4, 0.5) is 5.00 Å². The molecule has 2 aromatic heterocycles. The summed E-state index contributed by atoms with van der Waals surface area (Å²) in [4.78, 5) is 16.6. The summed E-state index contributed by atoms with van der Waals surface area (Å²) in [5.41, 5.74) is 8.38. The van der Waals surface area contributed by atoms with Crippen molar-refractivity contribution < 1.29 is 4.79 Å². The number of nitrogens with one attached hydrogen (secondary N) is 1. The molecule has 0 aromatic carbocycles. The summed E-state index contributed by atoms with van der Waals surface area (Å²) in [6.45, 7) is 0. The lowest BCUT2D eigenvalue weighted by molar-refractivity contribution is 0.0940. The predicted molar refractivity (Wildman–Crippen MR) is 81.7 cm³/mol. The third-order valence-corrected chi connectivity index (χ3v) is 4.52. The van der Waals surface area contributed by atoms with Crippen molar-refractivity contribution in [2.24, 2.45) is 0 Å². The molecule has 1 saturated carbocycles. The van der Waals surface area contributed by atoms with Crippen LogP contribution >= 0.6 is 11.3 Å². The van der Waals surface area contributed by atoms with E-state index in [4.69, 9.17) is 5.73 Å². The Morgan fingerprint density at radius 1 is 1.40 bits per heavy atom. The van der Waals surface area contributed by atoms with Gasteiger partial charge in [0.25, 0.3) is 5.91 Å². The molecule has 3 rings (SSSR count). The average molecular weight is 287 g/mol. The van der Waals surface area contributed by atoms with Gasteiger partial charge in [-0.15, -0.1) is 11.3 Å². The number of thiophene rings is 1. The Hall–Kier alpha value is -1.88. The van der Waals surface area contributed by atoms with E-state index in [-0.39, 0.29) is 5.91 Å². The molecule has 2 aromatic rings. The Balaban J connectivity index is 1.89. The van der Waals surface area contributed by atoms with Crippen LogP contribution in [0.1, 0.15) is 36.0 Å². The molecule has 3 N–H and O–H groups in total. The van der Waals surface area contributed by atoms with Gasteiger partial charge in [0.2, 0.25) is 0 Å². The molecule has 1 aliphatic rings. The van der Waals surface area contributed by atoms with E-state index in [1.54, 1.807) is 12.4 Å². The van der Waals surface area contributed by atoms with Crippen LogP contribution in [0, 0.1) is 0 Å². The van der Waals surface area contributed by atoms with Crippen LogP contribution < -0.4 is 11.1 Å². The molecule has 1 fully saturated rings. The molecule has 1 amide bonds. The third-order valence-electron chi connectivity index (χ3n) is 3.71. The predicted octanol–water partition coefficient (Wildman–Crippen LogP) is 3.06.